The third-order valence-corrected chi connectivity index (χ3v) is 5.34. The molecule has 27 heavy (non-hydrogen) atoms. The Morgan fingerprint density at radius 1 is 1.11 bits per heavy atom. The standard InChI is InChI=1S/C21H22N2O3S/c1-14(2)19(16-8-4-3-5-9-16)22-20(25)17-10-6-7-15(11-17)12-23-18(24)13-27-21(23)26/h3-11,14,19H,12-13H2,1-2H3,(H,22,25). The van der Waals surface area contributed by atoms with E-state index in [1.165, 1.54) is 4.90 Å². The molecule has 2 aromatic rings. The summed E-state index contributed by atoms with van der Waals surface area (Å²) in [6.07, 6.45) is 0. The van der Waals surface area contributed by atoms with Crippen molar-refractivity contribution in [2.75, 3.05) is 5.75 Å². The van der Waals surface area contributed by atoms with Crippen molar-refractivity contribution < 1.29 is 14.4 Å². The molecule has 1 heterocycles. The van der Waals surface area contributed by atoms with Gasteiger partial charge in [-0.15, -0.1) is 0 Å². The van der Waals surface area contributed by atoms with E-state index in [0.717, 1.165) is 22.9 Å². The number of benzene rings is 2. The van der Waals surface area contributed by atoms with Gasteiger partial charge in [0, 0.05) is 5.56 Å². The van der Waals surface area contributed by atoms with Gasteiger partial charge in [-0.25, -0.2) is 0 Å². The number of nitrogens with zero attached hydrogens (tertiary/aromatic N) is 1. The van der Waals surface area contributed by atoms with E-state index in [-0.39, 0.29) is 41.3 Å². The maximum absolute atomic E-state index is 12.8. The van der Waals surface area contributed by atoms with Gasteiger partial charge in [0.05, 0.1) is 18.3 Å². The average molecular weight is 382 g/mol. The molecule has 0 spiro atoms. The first kappa shape index (κ1) is 19.2. The van der Waals surface area contributed by atoms with Crippen molar-refractivity contribution in [3.05, 3.63) is 71.3 Å². The van der Waals surface area contributed by atoms with Crippen molar-refractivity contribution in [3.63, 3.8) is 0 Å². The summed E-state index contributed by atoms with van der Waals surface area (Å²) in [5.41, 5.74) is 2.33. The Morgan fingerprint density at radius 3 is 2.48 bits per heavy atom. The first-order chi connectivity index (χ1) is 13.0. The molecule has 1 fully saturated rings. The molecule has 0 saturated carbocycles. The van der Waals surface area contributed by atoms with Gasteiger partial charge in [-0.1, -0.05) is 68.1 Å². The quantitative estimate of drug-likeness (QED) is 0.820. The summed E-state index contributed by atoms with van der Waals surface area (Å²) in [6.45, 7) is 4.32. The lowest BCUT2D eigenvalue weighted by Crippen LogP contribution is -2.32. The van der Waals surface area contributed by atoms with Crippen LogP contribution in [-0.2, 0) is 11.3 Å². The van der Waals surface area contributed by atoms with Gasteiger partial charge in [0.15, 0.2) is 0 Å². The molecule has 1 saturated heterocycles. The van der Waals surface area contributed by atoms with Gasteiger partial charge in [-0.3, -0.25) is 19.3 Å². The minimum Gasteiger partial charge on any atom is -0.345 e. The summed E-state index contributed by atoms with van der Waals surface area (Å²) >= 11 is 1.01. The molecule has 0 bridgehead atoms. The minimum atomic E-state index is -0.237. The maximum atomic E-state index is 12.8. The zero-order valence-electron chi connectivity index (χ0n) is 15.3. The second-order valence-electron chi connectivity index (χ2n) is 6.84. The fraction of sp³-hybridized carbons (Fsp3) is 0.286. The van der Waals surface area contributed by atoms with Crippen LogP contribution in [0, 0.1) is 5.92 Å². The first-order valence-corrected chi connectivity index (χ1v) is 9.86. The molecule has 1 aliphatic rings. The van der Waals surface area contributed by atoms with E-state index in [2.05, 4.69) is 19.2 Å². The normalized spacial score (nSPS) is 15.3. The van der Waals surface area contributed by atoms with Crippen LogP contribution in [-0.4, -0.2) is 27.7 Å². The fourth-order valence-corrected chi connectivity index (χ4v) is 3.77. The molecule has 140 valence electrons. The van der Waals surface area contributed by atoms with Crippen LogP contribution in [0.25, 0.3) is 0 Å². The number of hydrogen-bond acceptors (Lipinski definition) is 4. The minimum absolute atomic E-state index is 0.0968. The third kappa shape index (κ3) is 4.57. The van der Waals surface area contributed by atoms with Gasteiger partial charge in [0.25, 0.3) is 11.1 Å². The highest BCUT2D eigenvalue weighted by atomic mass is 32.2. The topological polar surface area (TPSA) is 66.5 Å². The summed E-state index contributed by atoms with van der Waals surface area (Å²) < 4.78 is 0. The number of rotatable bonds is 6. The predicted molar refractivity (Wildman–Crippen MR) is 106 cm³/mol. The van der Waals surface area contributed by atoms with E-state index >= 15 is 0 Å². The summed E-state index contributed by atoms with van der Waals surface area (Å²) in [4.78, 5) is 37.6. The molecule has 0 radical (unpaired) electrons. The zero-order chi connectivity index (χ0) is 19.4. The molecule has 0 aliphatic carbocycles. The summed E-state index contributed by atoms with van der Waals surface area (Å²) in [5.74, 6) is 0.0552. The highest BCUT2D eigenvalue weighted by molar-refractivity contribution is 8.14. The molecule has 1 aliphatic heterocycles. The van der Waals surface area contributed by atoms with Crippen LogP contribution < -0.4 is 5.32 Å². The van der Waals surface area contributed by atoms with Gasteiger partial charge in [0.2, 0.25) is 5.91 Å². The van der Waals surface area contributed by atoms with Gasteiger partial charge >= 0.3 is 0 Å². The average Bonchev–Trinajstić information content (AvgIpc) is 2.98. The van der Waals surface area contributed by atoms with Crippen LogP contribution in [0.5, 0.6) is 0 Å². The number of nitrogens with one attached hydrogen (secondary N) is 1. The lowest BCUT2D eigenvalue weighted by Gasteiger charge is -2.23. The number of carbonyl (C=O) groups is 3. The number of imide groups is 1. The molecule has 1 unspecified atom stereocenters. The van der Waals surface area contributed by atoms with Crippen LogP contribution in [0.2, 0.25) is 0 Å². The molecule has 0 aromatic heterocycles. The second-order valence-corrected chi connectivity index (χ2v) is 7.77. The molecule has 2 aromatic carbocycles. The third-order valence-electron chi connectivity index (χ3n) is 4.48. The van der Waals surface area contributed by atoms with Gasteiger partial charge in [-0.2, -0.15) is 0 Å². The van der Waals surface area contributed by atoms with Crippen molar-refractivity contribution in [2.24, 2.45) is 5.92 Å². The lowest BCUT2D eigenvalue weighted by molar-refractivity contribution is -0.125. The SMILES string of the molecule is CC(C)C(NC(=O)c1cccc(CN2C(=O)CSC2=O)c1)c1ccccc1. The highest BCUT2D eigenvalue weighted by Crippen LogP contribution is 2.23. The van der Waals surface area contributed by atoms with Gasteiger partial charge in [0.1, 0.15) is 0 Å². The number of carbonyl (C=O) groups excluding carboxylic acids is 3. The second kappa shape index (κ2) is 8.39. The first-order valence-electron chi connectivity index (χ1n) is 8.87. The van der Waals surface area contributed by atoms with Crippen LogP contribution in [0.15, 0.2) is 54.6 Å². The monoisotopic (exact) mass is 382 g/mol. The van der Waals surface area contributed by atoms with Crippen LogP contribution in [0.1, 0.15) is 41.4 Å². The smallest absolute Gasteiger partial charge is 0.289 e. The number of amides is 3. The number of hydrogen-bond donors (Lipinski definition) is 1. The Bertz CT molecular complexity index is 836. The molecule has 6 heteroatoms. The molecule has 1 atom stereocenters. The van der Waals surface area contributed by atoms with E-state index in [0.29, 0.717) is 5.56 Å². The van der Waals surface area contributed by atoms with Crippen LogP contribution >= 0.6 is 11.8 Å². The van der Waals surface area contributed by atoms with Crippen LogP contribution in [0.4, 0.5) is 4.79 Å². The maximum Gasteiger partial charge on any atom is 0.289 e. The van der Waals surface area contributed by atoms with E-state index in [1.807, 2.05) is 36.4 Å². The lowest BCUT2D eigenvalue weighted by atomic mass is 9.95. The van der Waals surface area contributed by atoms with E-state index < -0.39 is 0 Å². The van der Waals surface area contributed by atoms with Crippen molar-refractivity contribution in [2.45, 2.75) is 26.4 Å². The Morgan fingerprint density at radius 2 is 1.85 bits per heavy atom. The zero-order valence-corrected chi connectivity index (χ0v) is 16.2. The summed E-state index contributed by atoms with van der Waals surface area (Å²) in [6, 6.07) is 16.8. The van der Waals surface area contributed by atoms with Crippen molar-refractivity contribution in [1.82, 2.24) is 10.2 Å². The molecular formula is C21H22N2O3S. The van der Waals surface area contributed by atoms with Gasteiger partial charge < -0.3 is 5.32 Å². The summed E-state index contributed by atoms with van der Waals surface area (Å²) in [5, 5.41) is 2.86. The molecule has 3 amide bonds. The fourth-order valence-electron chi connectivity index (χ4n) is 3.05. The summed E-state index contributed by atoms with van der Waals surface area (Å²) in [7, 11) is 0. The Hall–Kier alpha value is -2.60. The molecule has 3 rings (SSSR count). The van der Waals surface area contributed by atoms with E-state index in [9.17, 15) is 14.4 Å². The largest absolute Gasteiger partial charge is 0.345 e. The predicted octanol–water partition coefficient (Wildman–Crippen LogP) is 4.01. The van der Waals surface area contributed by atoms with Gasteiger partial charge in [-0.05, 0) is 29.2 Å². The van der Waals surface area contributed by atoms with E-state index in [4.69, 9.17) is 0 Å². The van der Waals surface area contributed by atoms with E-state index in [1.54, 1.807) is 18.2 Å². The Kier molecular flexibility index (Phi) is 5.96. The highest BCUT2D eigenvalue weighted by Gasteiger charge is 2.29. The molecular weight excluding hydrogens is 360 g/mol. The molecule has 5 nitrogen and oxygen atoms in total. The van der Waals surface area contributed by atoms with Crippen molar-refractivity contribution >= 4 is 28.8 Å². The van der Waals surface area contributed by atoms with Crippen molar-refractivity contribution in [3.8, 4) is 0 Å². The van der Waals surface area contributed by atoms with Crippen LogP contribution in [0.3, 0.4) is 0 Å². The Labute approximate surface area is 163 Å². The van der Waals surface area contributed by atoms with Crippen molar-refractivity contribution in [1.29, 1.82) is 0 Å². The Balaban J connectivity index is 1.75. The number of thioether (sulfide) groups is 1. The molecule has 1 N–H and O–H groups in total.